The van der Waals surface area contributed by atoms with Crippen LogP contribution in [0.25, 0.3) is 22.0 Å². The third-order valence-electron chi connectivity index (χ3n) is 6.40. The van der Waals surface area contributed by atoms with Gasteiger partial charge in [0.15, 0.2) is 0 Å². The first kappa shape index (κ1) is 22.0. The second kappa shape index (κ2) is 8.74. The molecule has 1 aliphatic heterocycles. The first-order chi connectivity index (χ1) is 15.3. The average Bonchev–Trinajstić information content (AvgIpc) is 3.30. The Labute approximate surface area is 185 Å². The number of pyridine rings is 1. The molecule has 1 aromatic carbocycles. The van der Waals surface area contributed by atoms with Crippen LogP contribution in [-0.2, 0) is 7.05 Å². The Morgan fingerprint density at radius 2 is 2.00 bits per heavy atom. The molecule has 170 valence electrons. The predicted molar refractivity (Wildman–Crippen MR) is 121 cm³/mol. The van der Waals surface area contributed by atoms with Gasteiger partial charge in [-0.2, -0.15) is 5.10 Å². The van der Waals surface area contributed by atoms with Crippen LogP contribution in [0.5, 0.6) is 5.75 Å². The van der Waals surface area contributed by atoms with E-state index >= 15 is 4.39 Å². The van der Waals surface area contributed by atoms with Crippen LogP contribution in [0.15, 0.2) is 29.3 Å². The highest BCUT2D eigenvalue weighted by Crippen LogP contribution is 2.33. The highest BCUT2D eigenvalue weighted by Gasteiger charge is 2.29. The van der Waals surface area contributed by atoms with Gasteiger partial charge in [-0.3, -0.25) is 19.6 Å². The number of ether oxygens (including phenoxy) is 1. The molecule has 1 unspecified atom stereocenters. The molecule has 1 amide bonds. The second-order valence-corrected chi connectivity index (χ2v) is 8.24. The van der Waals surface area contributed by atoms with E-state index in [4.69, 9.17) is 4.74 Å². The van der Waals surface area contributed by atoms with Crippen molar-refractivity contribution in [2.24, 2.45) is 7.05 Å². The molecule has 32 heavy (non-hydrogen) atoms. The Bertz CT molecular complexity index is 1210. The number of carbonyl (C=O) groups is 1. The number of aromatic amines is 1. The lowest BCUT2D eigenvalue weighted by atomic mass is 10.0. The molecule has 4 rings (SSSR count). The summed E-state index contributed by atoms with van der Waals surface area (Å²) in [5.74, 6) is -0.859. The van der Waals surface area contributed by atoms with Crippen LogP contribution >= 0.6 is 0 Å². The number of rotatable bonds is 5. The molecule has 0 bridgehead atoms. The number of piperazine rings is 1. The molecule has 2 aromatic heterocycles. The zero-order valence-electron chi connectivity index (χ0n) is 18.8. The zero-order valence-corrected chi connectivity index (χ0v) is 18.8. The maximum Gasteiger partial charge on any atom is 0.276 e. The Balaban J connectivity index is 1.69. The summed E-state index contributed by atoms with van der Waals surface area (Å²) >= 11 is 0. The molecular formula is C23H28FN5O3. The Morgan fingerprint density at radius 3 is 2.66 bits per heavy atom. The standard InChI is InChI=1S/C23H28FN5O3/c1-5-14(2)28-6-8-29(9-7-28)22(30)20-18(24)10-15(11-19(20)32-4)17-13-27(3)23(31)21-16(17)12-25-26-21/h10-14H,5-9H2,1-4H3,(H,25,26). The van der Waals surface area contributed by atoms with E-state index < -0.39 is 5.82 Å². The van der Waals surface area contributed by atoms with E-state index in [0.717, 1.165) is 19.5 Å². The molecule has 1 fully saturated rings. The van der Waals surface area contributed by atoms with Crippen LogP contribution in [-0.4, -0.2) is 69.8 Å². The van der Waals surface area contributed by atoms with Gasteiger partial charge in [-0.1, -0.05) is 6.92 Å². The van der Waals surface area contributed by atoms with Crippen LogP contribution < -0.4 is 10.3 Å². The van der Waals surface area contributed by atoms with Gasteiger partial charge in [-0.05, 0) is 31.0 Å². The lowest BCUT2D eigenvalue weighted by Crippen LogP contribution is -2.51. The van der Waals surface area contributed by atoms with Gasteiger partial charge in [0, 0.05) is 56.4 Å². The van der Waals surface area contributed by atoms with Gasteiger partial charge in [0.2, 0.25) is 0 Å². The second-order valence-electron chi connectivity index (χ2n) is 8.24. The number of amides is 1. The fourth-order valence-electron chi connectivity index (χ4n) is 4.27. The van der Waals surface area contributed by atoms with Crippen molar-refractivity contribution in [2.75, 3.05) is 33.3 Å². The molecule has 1 aliphatic rings. The summed E-state index contributed by atoms with van der Waals surface area (Å²) in [6.07, 6.45) is 4.21. The van der Waals surface area contributed by atoms with Crippen molar-refractivity contribution in [3.8, 4) is 16.9 Å². The minimum atomic E-state index is -0.654. The minimum Gasteiger partial charge on any atom is -0.496 e. The summed E-state index contributed by atoms with van der Waals surface area (Å²) in [5.41, 5.74) is 1.16. The van der Waals surface area contributed by atoms with Crippen molar-refractivity contribution in [2.45, 2.75) is 26.3 Å². The number of aromatic nitrogens is 3. The first-order valence-electron chi connectivity index (χ1n) is 10.8. The summed E-state index contributed by atoms with van der Waals surface area (Å²) in [6, 6.07) is 3.41. The smallest absolute Gasteiger partial charge is 0.276 e. The van der Waals surface area contributed by atoms with Crippen molar-refractivity contribution in [1.82, 2.24) is 24.6 Å². The molecule has 3 aromatic rings. The number of carbonyl (C=O) groups excluding carboxylic acids is 1. The molecule has 1 saturated heterocycles. The van der Waals surface area contributed by atoms with Crippen LogP contribution in [0.1, 0.15) is 30.6 Å². The van der Waals surface area contributed by atoms with Crippen molar-refractivity contribution < 1.29 is 13.9 Å². The highest BCUT2D eigenvalue weighted by atomic mass is 19.1. The van der Waals surface area contributed by atoms with Crippen molar-refractivity contribution in [1.29, 1.82) is 0 Å². The summed E-state index contributed by atoms with van der Waals surface area (Å²) in [4.78, 5) is 29.5. The van der Waals surface area contributed by atoms with Gasteiger partial charge in [0.1, 0.15) is 22.6 Å². The third kappa shape index (κ3) is 3.77. The average molecular weight is 442 g/mol. The lowest BCUT2D eigenvalue weighted by molar-refractivity contribution is 0.0572. The monoisotopic (exact) mass is 441 g/mol. The fourth-order valence-corrected chi connectivity index (χ4v) is 4.27. The van der Waals surface area contributed by atoms with Gasteiger partial charge in [-0.15, -0.1) is 0 Å². The van der Waals surface area contributed by atoms with Crippen LogP contribution in [0, 0.1) is 5.82 Å². The number of nitrogens with zero attached hydrogens (tertiary/aromatic N) is 4. The number of hydrogen-bond acceptors (Lipinski definition) is 5. The zero-order chi connectivity index (χ0) is 23.0. The summed E-state index contributed by atoms with van der Waals surface area (Å²) in [7, 11) is 3.04. The highest BCUT2D eigenvalue weighted by molar-refractivity contribution is 5.99. The van der Waals surface area contributed by atoms with Gasteiger partial charge < -0.3 is 14.2 Å². The molecule has 0 saturated carbocycles. The number of H-pyrrole nitrogens is 1. The summed E-state index contributed by atoms with van der Waals surface area (Å²) in [6.45, 7) is 6.94. The van der Waals surface area contributed by atoms with E-state index in [1.807, 2.05) is 0 Å². The predicted octanol–water partition coefficient (Wildman–Crippen LogP) is 2.63. The molecule has 1 N–H and O–H groups in total. The molecule has 8 nitrogen and oxygen atoms in total. The van der Waals surface area contributed by atoms with Crippen molar-refractivity contribution in [3.63, 3.8) is 0 Å². The van der Waals surface area contributed by atoms with E-state index in [1.54, 1.807) is 24.2 Å². The molecule has 3 heterocycles. The molecular weight excluding hydrogens is 413 g/mol. The van der Waals surface area contributed by atoms with E-state index in [1.165, 1.54) is 23.9 Å². The maximum atomic E-state index is 15.3. The SMILES string of the molecule is CCC(C)N1CCN(C(=O)c2c(F)cc(-c3cn(C)c(=O)c4[nH]ncc34)cc2OC)CC1. The summed E-state index contributed by atoms with van der Waals surface area (Å²) in [5, 5.41) is 7.23. The molecule has 0 radical (unpaired) electrons. The van der Waals surface area contributed by atoms with Gasteiger partial charge in [0.05, 0.1) is 13.3 Å². The Kier molecular flexibility index (Phi) is 6.01. The van der Waals surface area contributed by atoms with E-state index in [2.05, 4.69) is 28.9 Å². The van der Waals surface area contributed by atoms with Crippen LogP contribution in [0.3, 0.4) is 0 Å². The third-order valence-corrected chi connectivity index (χ3v) is 6.40. The molecule has 9 heteroatoms. The fraction of sp³-hybridized carbons (Fsp3) is 0.435. The number of aryl methyl sites for hydroxylation is 1. The Morgan fingerprint density at radius 1 is 1.28 bits per heavy atom. The lowest BCUT2D eigenvalue weighted by Gasteiger charge is -2.38. The van der Waals surface area contributed by atoms with Gasteiger partial charge >= 0.3 is 0 Å². The van der Waals surface area contributed by atoms with E-state index in [0.29, 0.717) is 41.2 Å². The topological polar surface area (TPSA) is 83.5 Å². The maximum absolute atomic E-state index is 15.3. The number of benzene rings is 1. The minimum absolute atomic E-state index is 0.0681. The number of nitrogens with one attached hydrogen (secondary N) is 1. The molecule has 0 spiro atoms. The van der Waals surface area contributed by atoms with E-state index in [-0.39, 0.29) is 22.8 Å². The van der Waals surface area contributed by atoms with Crippen molar-refractivity contribution in [3.05, 3.63) is 46.3 Å². The number of fused-ring (bicyclic) bond motifs is 1. The number of methoxy groups -OCH3 is 1. The van der Waals surface area contributed by atoms with Gasteiger partial charge in [0.25, 0.3) is 11.5 Å². The largest absolute Gasteiger partial charge is 0.496 e. The van der Waals surface area contributed by atoms with E-state index in [9.17, 15) is 9.59 Å². The summed E-state index contributed by atoms with van der Waals surface area (Å²) < 4.78 is 22.2. The number of hydrogen-bond donors (Lipinski definition) is 1. The first-order valence-corrected chi connectivity index (χ1v) is 10.8. The molecule has 1 atom stereocenters. The quantitative estimate of drug-likeness (QED) is 0.658. The number of halogens is 1. The van der Waals surface area contributed by atoms with Crippen LogP contribution in [0.2, 0.25) is 0 Å². The van der Waals surface area contributed by atoms with Gasteiger partial charge in [-0.25, -0.2) is 4.39 Å². The Hall–Kier alpha value is -3.20. The van der Waals surface area contributed by atoms with Crippen molar-refractivity contribution >= 4 is 16.8 Å². The normalized spacial score (nSPS) is 15.8. The van der Waals surface area contributed by atoms with Crippen LogP contribution in [0.4, 0.5) is 4.39 Å². The molecule has 0 aliphatic carbocycles.